The van der Waals surface area contributed by atoms with E-state index in [1.54, 1.807) is 18.2 Å². The van der Waals surface area contributed by atoms with Crippen LogP contribution in [0.3, 0.4) is 0 Å². The first kappa shape index (κ1) is 13.8. The highest BCUT2D eigenvalue weighted by Gasteiger charge is 2.31. The second kappa shape index (κ2) is 5.59. The minimum Gasteiger partial charge on any atom is -0.508 e. The first-order valence-corrected chi connectivity index (χ1v) is 6.62. The number of nitrogens with one attached hydrogen (secondary N) is 1. The molecule has 1 aliphatic rings. The van der Waals surface area contributed by atoms with Crippen molar-refractivity contribution in [2.24, 2.45) is 0 Å². The molecule has 1 atom stereocenters. The number of hydrogen-bond donors (Lipinski definition) is 3. The van der Waals surface area contributed by atoms with Gasteiger partial charge in [0.15, 0.2) is 10.3 Å². The van der Waals surface area contributed by atoms with E-state index in [2.05, 4.69) is 21.2 Å². The number of Topliss-reactive ketones (excluding diaryl/α,β-unsaturated/α-hetero) is 1. The number of aliphatic hydroxyl groups excluding tert-OH is 1. The maximum Gasteiger partial charge on any atom is 0.182 e. The highest BCUT2D eigenvalue weighted by atomic mass is 79.9. The van der Waals surface area contributed by atoms with Crippen LogP contribution in [0.25, 0.3) is 0 Å². The summed E-state index contributed by atoms with van der Waals surface area (Å²) < 4.78 is -1.46. The lowest BCUT2D eigenvalue weighted by atomic mass is 10.1. The van der Waals surface area contributed by atoms with Crippen LogP contribution in [-0.2, 0) is 0 Å². The van der Waals surface area contributed by atoms with Crippen LogP contribution in [0, 0.1) is 0 Å². The Morgan fingerprint density at radius 1 is 1.32 bits per heavy atom. The third-order valence-corrected chi connectivity index (χ3v) is 3.52. The molecule has 0 aliphatic heterocycles. The van der Waals surface area contributed by atoms with Gasteiger partial charge in [0, 0.05) is 17.7 Å². The van der Waals surface area contributed by atoms with E-state index in [1.807, 2.05) is 18.2 Å². The first-order valence-electron chi connectivity index (χ1n) is 5.83. The molecule has 0 saturated carbocycles. The Balaban J connectivity index is 1.96. The zero-order valence-corrected chi connectivity index (χ0v) is 11.7. The summed E-state index contributed by atoms with van der Waals surface area (Å²) in [5, 5.41) is 22.2. The van der Waals surface area contributed by atoms with Gasteiger partial charge in [0.05, 0.1) is 6.54 Å². The van der Waals surface area contributed by atoms with Crippen LogP contribution < -0.4 is 5.32 Å². The van der Waals surface area contributed by atoms with Gasteiger partial charge in [-0.2, -0.15) is 0 Å². The van der Waals surface area contributed by atoms with Gasteiger partial charge in [0.2, 0.25) is 0 Å². The Morgan fingerprint density at radius 3 is 2.63 bits per heavy atom. The van der Waals surface area contributed by atoms with E-state index in [-0.39, 0.29) is 24.5 Å². The van der Waals surface area contributed by atoms with Crippen LogP contribution in [0.1, 0.15) is 16.8 Å². The zero-order chi connectivity index (χ0) is 13.9. The van der Waals surface area contributed by atoms with Gasteiger partial charge in [0.25, 0.3) is 0 Å². The van der Waals surface area contributed by atoms with E-state index in [0.29, 0.717) is 11.3 Å². The van der Waals surface area contributed by atoms with E-state index < -0.39 is 4.51 Å². The topological polar surface area (TPSA) is 69.6 Å². The Kier molecular flexibility index (Phi) is 4.07. The molecule has 0 saturated heterocycles. The highest BCUT2D eigenvalue weighted by Crippen LogP contribution is 2.32. The fraction of sp³-hybridized carbons (Fsp3) is 0.214. The van der Waals surface area contributed by atoms with Crippen molar-refractivity contribution in [2.45, 2.75) is 10.9 Å². The summed E-state index contributed by atoms with van der Waals surface area (Å²) in [7, 11) is 0. The van der Waals surface area contributed by atoms with Crippen molar-refractivity contribution in [2.75, 3.05) is 6.54 Å². The number of alkyl halides is 1. The monoisotopic (exact) mass is 323 g/mol. The average Bonchev–Trinajstić information content (AvgIpc) is 2.40. The van der Waals surface area contributed by atoms with Crippen molar-refractivity contribution in [3.8, 4) is 0 Å². The third-order valence-electron chi connectivity index (χ3n) is 2.83. The van der Waals surface area contributed by atoms with Crippen LogP contribution in [-0.4, -0.2) is 27.1 Å². The molecular weight excluding hydrogens is 310 g/mol. The van der Waals surface area contributed by atoms with E-state index in [1.165, 1.54) is 6.08 Å². The van der Waals surface area contributed by atoms with Gasteiger partial charge in [0.1, 0.15) is 5.76 Å². The van der Waals surface area contributed by atoms with Gasteiger partial charge < -0.3 is 15.5 Å². The maximum atomic E-state index is 11.9. The molecule has 0 spiro atoms. The number of aliphatic hydroxyl groups is 2. The van der Waals surface area contributed by atoms with Crippen LogP contribution in [0.5, 0.6) is 0 Å². The highest BCUT2D eigenvalue weighted by molar-refractivity contribution is 9.10. The normalized spacial score (nSPS) is 22.4. The molecule has 19 heavy (non-hydrogen) atoms. The SMILES string of the molecule is O=C(CNC1=CC=C(O)C(O)(Br)C1)c1ccccc1. The second-order valence-electron chi connectivity index (χ2n) is 4.32. The van der Waals surface area contributed by atoms with Gasteiger partial charge in [-0.25, -0.2) is 0 Å². The molecule has 1 aliphatic carbocycles. The van der Waals surface area contributed by atoms with E-state index >= 15 is 0 Å². The molecule has 0 bridgehead atoms. The molecule has 0 radical (unpaired) electrons. The van der Waals surface area contributed by atoms with Gasteiger partial charge in [-0.1, -0.05) is 30.3 Å². The fourth-order valence-electron chi connectivity index (χ4n) is 1.75. The number of allylic oxidation sites excluding steroid dienone is 2. The Bertz CT molecular complexity index is 535. The van der Waals surface area contributed by atoms with Crippen LogP contribution >= 0.6 is 15.9 Å². The predicted octanol–water partition coefficient (Wildman–Crippen LogP) is 2.27. The number of rotatable bonds is 4. The number of halogens is 1. The van der Waals surface area contributed by atoms with Gasteiger partial charge >= 0.3 is 0 Å². The molecule has 100 valence electrons. The fourth-order valence-corrected chi connectivity index (χ4v) is 2.18. The van der Waals surface area contributed by atoms with E-state index in [9.17, 15) is 15.0 Å². The minimum atomic E-state index is -1.46. The number of carbonyl (C=O) groups is 1. The van der Waals surface area contributed by atoms with Crippen molar-refractivity contribution in [1.82, 2.24) is 5.32 Å². The van der Waals surface area contributed by atoms with Crippen molar-refractivity contribution in [3.05, 3.63) is 59.5 Å². The Labute approximate surface area is 119 Å². The molecule has 0 aromatic heterocycles. The van der Waals surface area contributed by atoms with Crippen molar-refractivity contribution in [1.29, 1.82) is 0 Å². The van der Waals surface area contributed by atoms with Crippen molar-refractivity contribution >= 4 is 21.7 Å². The molecule has 2 rings (SSSR count). The molecule has 0 fully saturated rings. The largest absolute Gasteiger partial charge is 0.508 e. The van der Waals surface area contributed by atoms with E-state index in [0.717, 1.165) is 0 Å². The third kappa shape index (κ3) is 3.45. The summed E-state index contributed by atoms with van der Waals surface area (Å²) in [6, 6.07) is 8.99. The summed E-state index contributed by atoms with van der Waals surface area (Å²) in [5.74, 6) is -0.175. The Hall–Kier alpha value is -1.59. The number of ketones is 1. The smallest absolute Gasteiger partial charge is 0.182 e. The van der Waals surface area contributed by atoms with Crippen LogP contribution in [0.4, 0.5) is 0 Å². The molecule has 0 heterocycles. The van der Waals surface area contributed by atoms with Gasteiger partial charge in [-0.15, -0.1) is 0 Å². The zero-order valence-electron chi connectivity index (χ0n) is 10.1. The average molecular weight is 324 g/mol. The van der Waals surface area contributed by atoms with Crippen LogP contribution in [0.15, 0.2) is 53.9 Å². The molecule has 1 aromatic carbocycles. The number of carbonyl (C=O) groups excluding carboxylic acids is 1. The van der Waals surface area contributed by atoms with E-state index in [4.69, 9.17) is 0 Å². The van der Waals surface area contributed by atoms with Gasteiger partial charge in [-0.3, -0.25) is 4.79 Å². The summed E-state index contributed by atoms with van der Waals surface area (Å²) in [4.78, 5) is 11.9. The summed E-state index contributed by atoms with van der Waals surface area (Å²) in [6.07, 6.45) is 3.22. The number of benzene rings is 1. The van der Waals surface area contributed by atoms with Crippen molar-refractivity contribution < 1.29 is 15.0 Å². The van der Waals surface area contributed by atoms with Crippen molar-refractivity contribution in [3.63, 3.8) is 0 Å². The molecule has 1 unspecified atom stereocenters. The first-order chi connectivity index (χ1) is 8.99. The molecule has 3 N–H and O–H groups in total. The Morgan fingerprint density at radius 2 is 2.00 bits per heavy atom. The number of hydrogen-bond acceptors (Lipinski definition) is 4. The lowest BCUT2D eigenvalue weighted by Gasteiger charge is -2.25. The lowest BCUT2D eigenvalue weighted by molar-refractivity contribution is 0.0988. The summed E-state index contributed by atoms with van der Waals surface area (Å²) in [6.45, 7) is 0.146. The molecule has 4 nitrogen and oxygen atoms in total. The molecule has 1 aromatic rings. The molecular formula is C14H14BrNO3. The predicted molar refractivity (Wildman–Crippen MR) is 76.1 cm³/mol. The molecule has 5 heteroatoms. The van der Waals surface area contributed by atoms with Gasteiger partial charge in [-0.05, 0) is 28.1 Å². The maximum absolute atomic E-state index is 11.9. The second-order valence-corrected chi connectivity index (χ2v) is 5.63. The summed E-state index contributed by atoms with van der Waals surface area (Å²) in [5.41, 5.74) is 1.32. The minimum absolute atomic E-state index is 0.0293. The standard InChI is InChI=1S/C14H14BrNO3/c15-14(19)8-11(6-7-13(14)18)16-9-12(17)10-4-2-1-3-5-10/h1-7,16,18-19H,8-9H2. The lowest BCUT2D eigenvalue weighted by Crippen LogP contribution is -2.32. The summed E-state index contributed by atoms with van der Waals surface area (Å²) >= 11 is 3.02. The quantitative estimate of drug-likeness (QED) is 0.587. The molecule has 0 amide bonds. The van der Waals surface area contributed by atoms with Crippen LogP contribution in [0.2, 0.25) is 0 Å².